The molecule has 1 fully saturated rings. The van der Waals surface area contributed by atoms with E-state index in [1.807, 2.05) is 25.1 Å². The average Bonchev–Trinajstić information content (AvgIpc) is 2.90. The van der Waals surface area contributed by atoms with Crippen LogP contribution in [-0.4, -0.2) is 45.9 Å². The van der Waals surface area contributed by atoms with Crippen LogP contribution in [0.3, 0.4) is 0 Å². The smallest absolute Gasteiger partial charge is 0.204 e. The van der Waals surface area contributed by atoms with Crippen molar-refractivity contribution in [1.29, 1.82) is 0 Å². The predicted molar refractivity (Wildman–Crippen MR) is 76.1 cm³/mol. The second kappa shape index (κ2) is 4.42. The third kappa shape index (κ3) is 1.65. The molecule has 1 saturated heterocycles. The molecule has 0 aliphatic carbocycles. The minimum atomic E-state index is 0.730. The number of para-hydroxylation sites is 2. The molecule has 3 heterocycles. The Kier molecular flexibility index (Phi) is 2.56. The number of fused-ring (bicyclic) bond motifs is 3. The van der Waals surface area contributed by atoms with Gasteiger partial charge in [0.25, 0.3) is 0 Å². The molecule has 2 aromatic heterocycles. The molecule has 3 aromatic rings. The second-order valence-electron chi connectivity index (χ2n) is 4.93. The van der Waals surface area contributed by atoms with Crippen LogP contribution in [0.5, 0.6) is 0 Å². The Morgan fingerprint density at radius 2 is 1.90 bits per heavy atom. The number of ether oxygens (including phenoxy) is 1. The van der Waals surface area contributed by atoms with E-state index in [9.17, 15) is 0 Å². The molecule has 1 aliphatic heterocycles. The van der Waals surface area contributed by atoms with Crippen LogP contribution in [0.1, 0.15) is 5.82 Å². The van der Waals surface area contributed by atoms with Crippen molar-refractivity contribution in [3.8, 4) is 0 Å². The van der Waals surface area contributed by atoms with Gasteiger partial charge < -0.3 is 9.64 Å². The topological polar surface area (TPSA) is 55.5 Å². The summed E-state index contributed by atoms with van der Waals surface area (Å²) in [5.41, 5.74) is 2.83. The molecule has 20 heavy (non-hydrogen) atoms. The Labute approximate surface area is 116 Å². The Morgan fingerprint density at radius 1 is 1.10 bits per heavy atom. The summed E-state index contributed by atoms with van der Waals surface area (Å²) >= 11 is 0. The number of aromatic nitrogens is 4. The molecule has 0 bridgehead atoms. The van der Waals surface area contributed by atoms with E-state index in [-0.39, 0.29) is 0 Å². The zero-order valence-corrected chi connectivity index (χ0v) is 11.3. The van der Waals surface area contributed by atoms with E-state index in [1.165, 1.54) is 0 Å². The van der Waals surface area contributed by atoms with Crippen LogP contribution in [0.2, 0.25) is 0 Å². The van der Waals surface area contributed by atoms with Crippen molar-refractivity contribution in [3.05, 3.63) is 30.1 Å². The molecule has 6 heteroatoms. The summed E-state index contributed by atoms with van der Waals surface area (Å²) in [7, 11) is 0. The number of aryl methyl sites for hydroxylation is 1. The lowest BCUT2D eigenvalue weighted by Gasteiger charge is -2.28. The molecule has 1 aromatic carbocycles. The molecular weight excluding hydrogens is 254 g/mol. The summed E-state index contributed by atoms with van der Waals surface area (Å²) in [6, 6.07) is 8.09. The summed E-state index contributed by atoms with van der Waals surface area (Å²) in [6.07, 6.45) is 0. The minimum absolute atomic E-state index is 0.730. The van der Waals surface area contributed by atoms with Gasteiger partial charge in [-0.05, 0) is 19.1 Å². The van der Waals surface area contributed by atoms with Gasteiger partial charge in [-0.2, -0.15) is 0 Å². The molecule has 0 spiro atoms. The highest BCUT2D eigenvalue weighted by molar-refractivity contribution is 5.83. The molecule has 6 nitrogen and oxygen atoms in total. The maximum absolute atomic E-state index is 5.41. The van der Waals surface area contributed by atoms with E-state index in [0.29, 0.717) is 0 Å². The van der Waals surface area contributed by atoms with Crippen molar-refractivity contribution in [2.24, 2.45) is 0 Å². The number of anilines is 1. The SMILES string of the molecule is Cc1nnc2c(N3CCOCC3)nc3ccccc3n12. The lowest BCUT2D eigenvalue weighted by Crippen LogP contribution is -2.37. The number of hydrogen-bond acceptors (Lipinski definition) is 5. The van der Waals surface area contributed by atoms with Crippen LogP contribution in [0.4, 0.5) is 5.82 Å². The molecule has 0 saturated carbocycles. The number of nitrogens with zero attached hydrogens (tertiary/aromatic N) is 5. The standard InChI is InChI=1S/C14H15N5O/c1-10-16-17-14-13(18-6-8-20-9-7-18)15-11-4-2-3-5-12(11)19(10)14/h2-5H,6-9H2,1H3. The quantitative estimate of drug-likeness (QED) is 0.669. The van der Waals surface area contributed by atoms with E-state index >= 15 is 0 Å². The first-order valence-electron chi connectivity index (χ1n) is 6.78. The summed E-state index contributed by atoms with van der Waals surface area (Å²) < 4.78 is 7.49. The van der Waals surface area contributed by atoms with Crippen molar-refractivity contribution >= 4 is 22.5 Å². The van der Waals surface area contributed by atoms with Crippen molar-refractivity contribution in [2.45, 2.75) is 6.92 Å². The van der Waals surface area contributed by atoms with E-state index in [1.54, 1.807) is 0 Å². The Hall–Kier alpha value is -2.21. The summed E-state index contributed by atoms with van der Waals surface area (Å²) in [5.74, 6) is 1.78. The normalized spacial score (nSPS) is 16.1. The van der Waals surface area contributed by atoms with Gasteiger partial charge in [0.2, 0.25) is 5.65 Å². The van der Waals surface area contributed by atoms with Gasteiger partial charge in [-0.25, -0.2) is 4.98 Å². The molecule has 102 valence electrons. The van der Waals surface area contributed by atoms with Gasteiger partial charge >= 0.3 is 0 Å². The highest BCUT2D eigenvalue weighted by atomic mass is 16.5. The molecule has 0 amide bonds. The fraction of sp³-hybridized carbons (Fsp3) is 0.357. The number of hydrogen-bond donors (Lipinski definition) is 0. The first-order valence-corrected chi connectivity index (χ1v) is 6.78. The third-order valence-corrected chi connectivity index (χ3v) is 3.68. The largest absolute Gasteiger partial charge is 0.378 e. The zero-order chi connectivity index (χ0) is 13.5. The molecule has 0 radical (unpaired) electrons. The Bertz CT molecular complexity index is 776. The van der Waals surface area contributed by atoms with Crippen LogP contribution >= 0.6 is 0 Å². The maximum Gasteiger partial charge on any atom is 0.204 e. The molecular formula is C14H15N5O. The maximum atomic E-state index is 5.41. The fourth-order valence-corrected chi connectivity index (χ4v) is 2.69. The van der Waals surface area contributed by atoms with Crippen molar-refractivity contribution in [1.82, 2.24) is 19.6 Å². The summed E-state index contributed by atoms with van der Waals surface area (Å²) in [5, 5.41) is 8.53. The van der Waals surface area contributed by atoms with Crippen molar-refractivity contribution in [3.63, 3.8) is 0 Å². The summed E-state index contributed by atoms with van der Waals surface area (Å²) in [6.45, 7) is 5.11. The van der Waals surface area contributed by atoms with Gasteiger partial charge in [-0.15, -0.1) is 10.2 Å². The fourth-order valence-electron chi connectivity index (χ4n) is 2.69. The number of morpholine rings is 1. The molecule has 0 N–H and O–H groups in total. The monoisotopic (exact) mass is 269 g/mol. The first kappa shape index (κ1) is 11.6. The van der Waals surface area contributed by atoms with E-state index in [4.69, 9.17) is 9.72 Å². The van der Waals surface area contributed by atoms with Gasteiger partial charge in [0.15, 0.2) is 5.82 Å². The Balaban J connectivity index is 2.03. The van der Waals surface area contributed by atoms with Gasteiger partial charge in [0.1, 0.15) is 5.82 Å². The highest BCUT2D eigenvalue weighted by Gasteiger charge is 2.19. The van der Waals surface area contributed by atoms with Gasteiger partial charge in [-0.3, -0.25) is 4.40 Å². The third-order valence-electron chi connectivity index (χ3n) is 3.68. The van der Waals surface area contributed by atoms with Gasteiger partial charge in [-0.1, -0.05) is 12.1 Å². The van der Waals surface area contributed by atoms with Crippen LogP contribution in [0, 0.1) is 6.92 Å². The average molecular weight is 269 g/mol. The predicted octanol–water partition coefficient (Wildman–Crippen LogP) is 1.42. The molecule has 0 atom stereocenters. The molecule has 4 rings (SSSR count). The zero-order valence-electron chi connectivity index (χ0n) is 11.3. The second-order valence-corrected chi connectivity index (χ2v) is 4.93. The van der Waals surface area contributed by atoms with Gasteiger partial charge in [0, 0.05) is 13.1 Å². The lowest BCUT2D eigenvalue weighted by molar-refractivity contribution is 0.122. The number of rotatable bonds is 1. The van der Waals surface area contributed by atoms with Crippen molar-refractivity contribution < 1.29 is 4.74 Å². The minimum Gasteiger partial charge on any atom is -0.378 e. The van der Waals surface area contributed by atoms with Crippen LogP contribution in [0.15, 0.2) is 24.3 Å². The highest BCUT2D eigenvalue weighted by Crippen LogP contribution is 2.24. The number of benzene rings is 1. The first-order chi connectivity index (χ1) is 9.84. The van der Waals surface area contributed by atoms with E-state index in [0.717, 1.165) is 54.6 Å². The lowest BCUT2D eigenvalue weighted by atomic mass is 10.3. The van der Waals surface area contributed by atoms with Gasteiger partial charge in [0.05, 0.1) is 24.2 Å². The molecule has 1 aliphatic rings. The summed E-state index contributed by atoms with van der Waals surface area (Å²) in [4.78, 5) is 7.01. The van der Waals surface area contributed by atoms with Crippen LogP contribution in [0.25, 0.3) is 16.7 Å². The van der Waals surface area contributed by atoms with Crippen molar-refractivity contribution in [2.75, 3.05) is 31.2 Å². The van der Waals surface area contributed by atoms with Crippen LogP contribution < -0.4 is 4.90 Å². The van der Waals surface area contributed by atoms with Crippen LogP contribution in [-0.2, 0) is 4.74 Å². The Morgan fingerprint density at radius 3 is 2.75 bits per heavy atom. The van der Waals surface area contributed by atoms with E-state index in [2.05, 4.69) is 25.6 Å². The van der Waals surface area contributed by atoms with E-state index < -0.39 is 0 Å². The molecule has 0 unspecified atom stereocenters.